The van der Waals surface area contributed by atoms with Crippen LogP contribution in [-0.4, -0.2) is 22.2 Å². The van der Waals surface area contributed by atoms with Crippen molar-refractivity contribution in [3.05, 3.63) is 357 Å². The second kappa shape index (κ2) is 23.8. The quantitative estimate of drug-likeness (QED) is 0.0561. The predicted octanol–water partition coefficient (Wildman–Crippen LogP) is 20.9. The molecule has 0 radical (unpaired) electrons. The number of rotatable bonds is 11. The van der Waals surface area contributed by atoms with Gasteiger partial charge < -0.3 is 9.15 Å². The van der Waals surface area contributed by atoms with Crippen molar-refractivity contribution in [2.45, 2.75) is 26.2 Å². The molecule has 478 valence electrons. The smallest absolute Gasteiger partial charge is 0.269 e. The molecule has 0 bridgehead atoms. The first kappa shape index (κ1) is 39.6. The lowest BCUT2D eigenvalue weighted by Gasteiger charge is -2.34. The number of fused-ring (bicyclic) bond motifs is 13. The van der Waals surface area contributed by atoms with E-state index in [0.29, 0.717) is 67.2 Å². The van der Waals surface area contributed by atoms with Crippen molar-refractivity contribution >= 4 is 83.6 Å². The number of imidazole rings is 1. The zero-order chi connectivity index (χ0) is 88.2. The van der Waals surface area contributed by atoms with Gasteiger partial charge in [0.25, 0.3) is 6.33 Å². The van der Waals surface area contributed by atoms with Gasteiger partial charge in [-0.15, -0.1) is 0 Å². The molecule has 19 rings (SSSR count). The molecule has 0 spiro atoms. The van der Waals surface area contributed by atoms with Crippen LogP contribution in [0.15, 0.2) is 350 Å². The zero-order valence-corrected chi connectivity index (χ0v) is 55.2. The van der Waals surface area contributed by atoms with Crippen LogP contribution in [0.4, 0.5) is 0 Å². The number of hydrogen-bond acceptors (Lipinski definition) is 3. The van der Waals surface area contributed by atoms with Gasteiger partial charge in [0.1, 0.15) is 28.5 Å². The van der Waals surface area contributed by atoms with E-state index < -0.39 is 179 Å². The first-order valence-electron chi connectivity index (χ1n) is 44.7. The highest BCUT2D eigenvalue weighted by atomic mass is 28.3. The fraction of sp³-hybridized carbons (Fsp3) is 0.0426. The molecule has 1 aliphatic rings. The van der Waals surface area contributed by atoms with Crippen LogP contribution in [0.5, 0.6) is 11.5 Å². The van der Waals surface area contributed by atoms with E-state index in [1.165, 1.54) is 6.07 Å². The maximum absolute atomic E-state index is 10.9. The number of benzene rings is 14. The molecule has 0 unspecified atom stereocenters. The lowest BCUT2D eigenvalue weighted by molar-refractivity contribution is -0.570. The molecular formula is C94H66N4O2Si. The van der Waals surface area contributed by atoms with Crippen LogP contribution in [0, 0.1) is 6.33 Å². The lowest BCUT2D eigenvalue weighted by atomic mass is 9.86. The second-order valence-electron chi connectivity index (χ2n) is 25.8. The van der Waals surface area contributed by atoms with Gasteiger partial charge in [-0.3, -0.25) is 13.7 Å². The van der Waals surface area contributed by atoms with Crippen LogP contribution < -0.4 is 30.1 Å². The molecule has 18 aromatic rings. The van der Waals surface area contributed by atoms with E-state index >= 15 is 0 Å². The third-order valence-corrected chi connectivity index (χ3v) is 23.0. The number of pyridine rings is 1. The van der Waals surface area contributed by atoms with E-state index in [0.717, 1.165) is 49.5 Å². The van der Waals surface area contributed by atoms with Gasteiger partial charge in [-0.25, -0.2) is 4.98 Å². The fourth-order valence-corrected chi connectivity index (χ4v) is 18.0. The van der Waals surface area contributed by atoms with E-state index in [1.807, 2.05) is 144 Å². The Bertz CT molecular complexity index is 7560. The Balaban J connectivity index is 0.916. The van der Waals surface area contributed by atoms with Gasteiger partial charge in [0, 0.05) is 33.8 Å². The van der Waals surface area contributed by atoms with Crippen molar-refractivity contribution in [3.63, 3.8) is 0 Å². The number of hydrogen-bond donors (Lipinski definition) is 0. The zero-order valence-electron chi connectivity index (χ0n) is 78.2. The number of furan rings is 1. The minimum atomic E-state index is -6.34. The molecule has 4 aromatic heterocycles. The monoisotopic (exact) mass is 1330 g/mol. The summed E-state index contributed by atoms with van der Waals surface area (Å²) in [5.41, 5.74) is 8.79. The fourth-order valence-electron chi connectivity index (χ4n) is 14.4. The average Bonchev–Trinajstić information content (AvgIpc) is 1.53. The summed E-state index contributed by atoms with van der Waals surface area (Å²) in [5, 5.41) is -0.325. The third-order valence-electron chi connectivity index (χ3n) is 19.0. The molecule has 101 heavy (non-hydrogen) atoms. The Kier molecular flexibility index (Phi) is 9.34. The van der Waals surface area contributed by atoms with Gasteiger partial charge in [0.05, 0.1) is 66.3 Å². The number of ether oxygens (including phenoxy) is 1. The SMILES string of the molecule is [2H]c1c([2H])c([2H])c(-c2cccc3c2-[n+]2[c-]n(-c4cccc(Oc5ccc6c7ccccc7n(-c7cc(C(C)(C)C)ccn7)c6c5)c4)c4cc(-c5ccc6oc7ccccc7c6c5)cc(c42)-c2ccccc2-c2ccc(-c4c([2H])c([2H])c([2H])c([Si](c5c([2H])c([2H])c([2H])c([2H])c5[2H])(c5c([2H])c([2H])c([2H])c([2H])c5[2H])c5c([2H])c([2H])c([2H])c([2H])c5[2H])c4[2H])cc2-3)c([2H])c1[2H]. The minimum absolute atomic E-state index is 0.0722. The first-order valence-corrected chi connectivity index (χ1v) is 34.7. The molecule has 0 aliphatic carbocycles. The Morgan fingerprint density at radius 3 is 1.77 bits per heavy atom. The topological polar surface area (TPSA) is 49.0 Å². The summed E-state index contributed by atoms with van der Waals surface area (Å²) in [6, 6.07) is 36.5. The molecule has 6 nitrogen and oxygen atoms in total. The van der Waals surface area contributed by atoms with E-state index in [9.17, 15) is 27.4 Å². The molecular weight excluding hydrogens is 1250 g/mol. The van der Waals surface area contributed by atoms with Crippen LogP contribution in [0.2, 0.25) is 0 Å². The highest BCUT2D eigenvalue weighted by Gasteiger charge is 2.41. The molecule has 0 amide bonds. The van der Waals surface area contributed by atoms with Gasteiger partial charge >= 0.3 is 0 Å². The van der Waals surface area contributed by atoms with Gasteiger partial charge in [-0.2, -0.15) is 0 Å². The summed E-state index contributed by atoms with van der Waals surface area (Å²) in [5.74, 6) is 1.61. The summed E-state index contributed by atoms with van der Waals surface area (Å²) in [7, 11) is -6.34. The first-order chi connectivity index (χ1) is 59.6. The van der Waals surface area contributed by atoms with Gasteiger partial charge in [0.2, 0.25) is 0 Å². The second-order valence-corrected chi connectivity index (χ2v) is 29.3. The van der Waals surface area contributed by atoms with Crippen molar-refractivity contribution in [3.8, 4) is 95.5 Å². The molecule has 0 atom stereocenters. The Labute approximate surface area is 620 Å². The van der Waals surface area contributed by atoms with Crippen molar-refractivity contribution in [1.82, 2.24) is 14.1 Å². The van der Waals surface area contributed by atoms with Crippen LogP contribution in [0.3, 0.4) is 0 Å². The van der Waals surface area contributed by atoms with Crippen LogP contribution in [0.25, 0.3) is 139 Å². The standard InChI is InChI=1S/C94H66N4O2Si/c1-94(2,3)67-51-52-95-91(58-67)98-86-43-20-18-39-79(86)80-49-47-70(60-87(80)98)99-69-29-23-28-68(59-69)96-61-97-92-75(62-25-8-4-9-26-62)41-24-42-82(92)83-54-64(63-27-22-36-74(53-63)101(71-30-10-5-11-31-71,72-32-12-6-13-33-72)73-34-14-7-15-35-73)45-48-78(83)76-37-16-17-38-77(76)85-56-66(57-88(96)93(85)97)65-46-50-90-84(55-65)81-40-19-21-44-89(81)100-90/h4-60H,1-3H3/i4D,5D,6D,7D,8D,9D,10D,11D,12D,13D,14D,15D,22D,25D,26D,27D,30D,31D,32D,33D,34D,35D,36D,53D. The number of para-hydroxylation sites is 3. The van der Waals surface area contributed by atoms with E-state index in [4.69, 9.17) is 19.6 Å². The molecule has 0 N–H and O–H groups in total. The summed E-state index contributed by atoms with van der Waals surface area (Å²) >= 11 is 0. The molecule has 0 fully saturated rings. The predicted molar refractivity (Wildman–Crippen MR) is 418 cm³/mol. The van der Waals surface area contributed by atoms with Crippen LogP contribution in [-0.2, 0) is 5.41 Å². The van der Waals surface area contributed by atoms with Crippen LogP contribution >= 0.6 is 0 Å². The van der Waals surface area contributed by atoms with Gasteiger partial charge in [0.15, 0.2) is 8.07 Å². The maximum atomic E-state index is 10.9. The third kappa shape index (κ3) is 9.90. The molecule has 5 heterocycles. The Morgan fingerprint density at radius 1 is 0.416 bits per heavy atom. The average molecular weight is 1340 g/mol. The Morgan fingerprint density at radius 2 is 1.01 bits per heavy atom. The molecule has 0 saturated heterocycles. The number of nitrogens with zero attached hydrogens (tertiary/aromatic N) is 4. The maximum Gasteiger partial charge on any atom is 0.269 e. The highest BCUT2D eigenvalue weighted by Crippen LogP contribution is 2.48. The molecule has 0 saturated carbocycles. The largest absolute Gasteiger partial charge is 0.458 e. The molecule has 7 heteroatoms. The summed E-state index contributed by atoms with van der Waals surface area (Å²) in [6.45, 7) is 6.46. The summed E-state index contributed by atoms with van der Waals surface area (Å²) < 4.78 is 249. The normalized spacial score (nSPS) is 15.4. The van der Waals surface area contributed by atoms with Crippen LogP contribution in [0.1, 0.15) is 59.2 Å². The molecule has 14 aromatic carbocycles. The minimum Gasteiger partial charge on any atom is -0.458 e. The summed E-state index contributed by atoms with van der Waals surface area (Å²) in [6.07, 6.45) is 5.57. The van der Waals surface area contributed by atoms with E-state index in [1.54, 1.807) is 34.9 Å². The van der Waals surface area contributed by atoms with E-state index in [2.05, 4.69) is 55.9 Å². The van der Waals surface area contributed by atoms with Gasteiger partial charge in [-0.1, -0.05) is 275 Å². The van der Waals surface area contributed by atoms with E-state index in [-0.39, 0.29) is 38.9 Å². The molecule has 1 aliphatic heterocycles. The number of aromatic nitrogens is 4. The van der Waals surface area contributed by atoms with Crippen molar-refractivity contribution in [2.75, 3.05) is 0 Å². The lowest BCUT2D eigenvalue weighted by Crippen LogP contribution is -2.74. The van der Waals surface area contributed by atoms with Gasteiger partial charge in [-0.05, 0) is 177 Å². The van der Waals surface area contributed by atoms with Crippen molar-refractivity contribution in [2.24, 2.45) is 0 Å². The van der Waals surface area contributed by atoms with Crippen molar-refractivity contribution in [1.29, 1.82) is 0 Å². The Hall–Kier alpha value is -12.7. The highest BCUT2D eigenvalue weighted by molar-refractivity contribution is 7.20. The van der Waals surface area contributed by atoms with Crippen molar-refractivity contribution < 1.29 is 46.6 Å². The summed E-state index contributed by atoms with van der Waals surface area (Å²) in [4.78, 5) is 4.91.